The monoisotopic (exact) mass is 303 g/mol. The zero-order valence-electron chi connectivity index (χ0n) is 13.8. The molecule has 0 amide bonds. The molecule has 0 aliphatic carbocycles. The highest BCUT2D eigenvalue weighted by Crippen LogP contribution is 2.34. The first-order valence-corrected chi connectivity index (χ1v) is 8.64. The van der Waals surface area contributed by atoms with Gasteiger partial charge in [-0.3, -0.25) is 0 Å². The van der Waals surface area contributed by atoms with Crippen molar-refractivity contribution in [1.29, 1.82) is 0 Å². The quantitative estimate of drug-likeness (QED) is 0.548. The van der Waals surface area contributed by atoms with E-state index in [1.807, 2.05) is 0 Å². The highest BCUT2D eigenvalue weighted by molar-refractivity contribution is 5.97. The van der Waals surface area contributed by atoms with E-state index in [4.69, 9.17) is 5.73 Å². The predicted molar refractivity (Wildman–Crippen MR) is 100 cm³/mol. The molecule has 1 heteroatoms. The Balaban J connectivity index is 2.02. The van der Waals surface area contributed by atoms with Gasteiger partial charge in [-0.05, 0) is 33.9 Å². The minimum absolute atomic E-state index is 0.108. The van der Waals surface area contributed by atoms with E-state index in [2.05, 4.69) is 73.7 Å². The first-order chi connectivity index (χ1) is 11.3. The maximum absolute atomic E-state index is 6.52. The molecule has 1 atom stereocenters. The zero-order valence-corrected chi connectivity index (χ0v) is 13.8. The molecule has 0 aromatic heterocycles. The summed E-state index contributed by atoms with van der Waals surface area (Å²) in [7, 11) is 0. The summed E-state index contributed by atoms with van der Waals surface area (Å²) in [6, 6.07) is 23.8. The molecule has 3 rings (SSSR count). The fourth-order valence-electron chi connectivity index (χ4n) is 3.30. The maximum atomic E-state index is 6.52. The molecule has 0 radical (unpaired) electrons. The lowest BCUT2D eigenvalue weighted by molar-refractivity contribution is 0.582. The Hall–Kier alpha value is -2.12. The van der Waals surface area contributed by atoms with Crippen molar-refractivity contribution in [3.05, 3.63) is 72.3 Å². The fourth-order valence-corrected chi connectivity index (χ4v) is 3.30. The number of nitrogens with two attached hydrogens (primary N) is 1. The lowest BCUT2D eigenvalue weighted by Gasteiger charge is -2.18. The lowest BCUT2D eigenvalue weighted by Crippen LogP contribution is -2.11. The normalized spacial score (nSPS) is 12.4. The van der Waals surface area contributed by atoms with Gasteiger partial charge in [0.2, 0.25) is 0 Å². The van der Waals surface area contributed by atoms with Crippen LogP contribution in [0.2, 0.25) is 0 Å². The van der Waals surface area contributed by atoms with E-state index in [0.717, 1.165) is 6.42 Å². The number of rotatable bonds is 6. The average molecular weight is 303 g/mol. The predicted octanol–water partition coefficient (Wildman–Crippen LogP) is 6.09. The Kier molecular flexibility index (Phi) is 5.09. The largest absolute Gasteiger partial charge is 0.324 e. The van der Waals surface area contributed by atoms with E-state index in [1.165, 1.54) is 46.7 Å². The van der Waals surface area contributed by atoms with Crippen LogP contribution in [0.5, 0.6) is 0 Å². The summed E-state index contributed by atoms with van der Waals surface area (Å²) < 4.78 is 0. The molecule has 118 valence electrons. The van der Waals surface area contributed by atoms with Gasteiger partial charge in [-0.15, -0.1) is 0 Å². The summed E-state index contributed by atoms with van der Waals surface area (Å²) in [6.45, 7) is 2.23. The van der Waals surface area contributed by atoms with Crippen molar-refractivity contribution in [3.8, 4) is 11.1 Å². The summed E-state index contributed by atoms with van der Waals surface area (Å²) in [5.74, 6) is 0. The molecule has 0 saturated carbocycles. The first-order valence-electron chi connectivity index (χ1n) is 8.64. The van der Waals surface area contributed by atoms with Crippen molar-refractivity contribution in [2.45, 2.75) is 38.6 Å². The van der Waals surface area contributed by atoms with Crippen LogP contribution in [-0.4, -0.2) is 0 Å². The van der Waals surface area contributed by atoms with Gasteiger partial charge >= 0.3 is 0 Å². The molecule has 0 saturated heterocycles. The van der Waals surface area contributed by atoms with Crippen molar-refractivity contribution >= 4 is 10.8 Å². The molecule has 0 spiro atoms. The number of hydrogen-bond donors (Lipinski definition) is 1. The minimum atomic E-state index is 0.108. The Labute approximate surface area is 139 Å². The molecule has 0 bridgehead atoms. The number of unbranched alkanes of at least 4 members (excludes halogenated alkanes) is 2. The number of hydrogen-bond acceptors (Lipinski definition) is 1. The average Bonchev–Trinajstić information content (AvgIpc) is 2.61. The van der Waals surface area contributed by atoms with Gasteiger partial charge in [0, 0.05) is 6.04 Å². The summed E-state index contributed by atoms with van der Waals surface area (Å²) in [6.07, 6.45) is 4.74. The molecule has 1 unspecified atom stereocenters. The summed E-state index contributed by atoms with van der Waals surface area (Å²) in [5.41, 5.74) is 10.3. The van der Waals surface area contributed by atoms with E-state index in [9.17, 15) is 0 Å². The van der Waals surface area contributed by atoms with Crippen LogP contribution in [-0.2, 0) is 0 Å². The molecule has 0 aliphatic rings. The Bertz CT molecular complexity index is 770. The number of benzene rings is 3. The van der Waals surface area contributed by atoms with Crippen LogP contribution in [0.3, 0.4) is 0 Å². The van der Waals surface area contributed by atoms with Crippen molar-refractivity contribution in [2.75, 3.05) is 0 Å². The zero-order chi connectivity index (χ0) is 16.1. The Morgan fingerprint density at radius 1 is 0.783 bits per heavy atom. The summed E-state index contributed by atoms with van der Waals surface area (Å²) in [5, 5.41) is 2.57. The molecular formula is C22H25N. The van der Waals surface area contributed by atoms with Crippen LogP contribution in [0.4, 0.5) is 0 Å². The van der Waals surface area contributed by atoms with Gasteiger partial charge in [0.25, 0.3) is 0 Å². The van der Waals surface area contributed by atoms with Gasteiger partial charge in [-0.2, -0.15) is 0 Å². The van der Waals surface area contributed by atoms with Gasteiger partial charge in [-0.25, -0.2) is 0 Å². The summed E-state index contributed by atoms with van der Waals surface area (Å²) in [4.78, 5) is 0. The molecular weight excluding hydrogens is 278 g/mol. The van der Waals surface area contributed by atoms with Crippen LogP contribution < -0.4 is 5.73 Å². The smallest absolute Gasteiger partial charge is 0.0301 e. The van der Waals surface area contributed by atoms with Gasteiger partial charge in [0.1, 0.15) is 0 Å². The van der Waals surface area contributed by atoms with Crippen LogP contribution in [0, 0.1) is 0 Å². The van der Waals surface area contributed by atoms with Crippen LogP contribution >= 0.6 is 0 Å². The number of fused-ring (bicyclic) bond motifs is 1. The molecule has 2 N–H and O–H groups in total. The molecule has 0 heterocycles. The van der Waals surface area contributed by atoms with Crippen LogP contribution in [0.15, 0.2) is 66.7 Å². The van der Waals surface area contributed by atoms with E-state index < -0.39 is 0 Å². The van der Waals surface area contributed by atoms with Crippen molar-refractivity contribution in [3.63, 3.8) is 0 Å². The highest BCUT2D eigenvalue weighted by Gasteiger charge is 2.13. The highest BCUT2D eigenvalue weighted by atomic mass is 14.6. The third kappa shape index (κ3) is 3.46. The molecule has 0 fully saturated rings. The molecule has 1 nitrogen and oxygen atoms in total. The van der Waals surface area contributed by atoms with Gasteiger partial charge in [-0.1, -0.05) is 92.9 Å². The minimum Gasteiger partial charge on any atom is -0.324 e. The van der Waals surface area contributed by atoms with Crippen molar-refractivity contribution in [1.82, 2.24) is 0 Å². The topological polar surface area (TPSA) is 26.0 Å². The van der Waals surface area contributed by atoms with Gasteiger partial charge in [0.05, 0.1) is 0 Å². The molecule has 3 aromatic rings. The first kappa shape index (κ1) is 15.8. The molecule has 23 heavy (non-hydrogen) atoms. The summed E-state index contributed by atoms with van der Waals surface area (Å²) >= 11 is 0. The van der Waals surface area contributed by atoms with Gasteiger partial charge < -0.3 is 5.73 Å². The van der Waals surface area contributed by atoms with Crippen molar-refractivity contribution < 1.29 is 0 Å². The third-order valence-electron chi connectivity index (χ3n) is 4.56. The SMILES string of the molecule is CCCCCC(N)c1ccccc1-c1cccc2ccccc12. The van der Waals surface area contributed by atoms with Gasteiger partial charge in [0.15, 0.2) is 0 Å². The van der Waals surface area contributed by atoms with Crippen molar-refractivity contribution in [2.24, 2.45) is 5.73 Å². The van der Waals surface area contributed by atoms with E-state index in [-0.39, 0.29) is 6.04 Å². The standard InChI is InChI=1S/C22H25N/c1-2-3-4-16-22(23)21-14-8-7-13-20(21)19-15-9-11-17-10-5-6-12-18(17)19/h5-15,22H,2-4,16,23H2,1H3. The van der Waals surface area contributed by atoms with E-state index in [1.54, 1.807) is 0 Å². The molecule has 0 aliphatic heterocycles. The second-order valence-corrected chi connectivity index (χ2v) is 6.22. The van der Waals surface area contributed by atoms with E-state index >= 15 is 0 Å². The Morgan fingerprint density at radius 3 is 2.35 bits per heavy atom. The fraction of sp³-hybridized carbons (Fsp3) is 0.273. The lowest BCUT2D eigenvalue weighted by atomic mass is 9.90. The maximum Gasteiger partial charge on any atom is 0.0301 e. The third-order valence-corrected chi connectivity index (χ3v) is 4.56. The second-order valence-electron chi connectivity index (χ2n) is 6.22. The Morgan fingerprint density at radius 2 is 1.48 bits per heavy atom. The van der Waals surface area contributed by atoms with Crippen LogP contribution in [0.1, 0.15) is 44.2 Å². The van der Waals surface area contributed by atoms with Crippen LogP contribution in [0.25, 0.3) is 21.9 Å². The second kappa shape index (κ2) is 7.43. The van der Waals surface area contributed by atoms with E-state index in [0.29, 0.717) is 0 Å². The molecule has 3 aromatic carbocycles.